The van der Waals surface area contributed by atoms with E-state index in [1.54, 1.807) is 18.2 Å². The van der Waals surface area contributed by atoms with E-state index in [0.717, 1.165) is 0 Å². The number of hydrogen-bond acceptors (Lipinski definition) is 1. The molecule has 0 saturated heterocycles. The summed E-state index contributed by atoms with van der Waals surface area (Å²) < 4.78 is 0. The van der Waals surface area contributed by atoms with Crippen molar-refractivity contribution in [3.8, 4) is 17.9 Å². The molecule has 0 aromatic heterocycles. The molecule has 0 spiro atoms. The normalized spacial score (nSPS) is 8.46. The van der Waals surface area contributed by atoms with Crippen molar-refractivity contribution in [2.24, 2.45) is 0 Å². The highest BCUT2D eigenvalue weighted by atomic mass is 35.5. The standard InChI is InChI=1S/C9H2Cl3N/c10-7-4-6(2-1-3-13)5-8(11)9(7)12/h4-5H. The molecule has 0 aliphatic heterocycles. The SMILES string of the molecule is N#CC#Cc1cc(Cl)c(Cl)c(Cl)c1. The van der Waals surface area contributed by atoms with E-state index in [9.17, 15) is 0 Å². The maximum Gasteiger partial charge on any atom is 0.152 e. The highest BCUT2D eigenvalue weighted by Gasteiger charge is 2.03. The average Bonchev–Trinajstić information content (AvgIpc) is 2.10. The highest BCUT2D eigenvalue weighted by molar-refractivity contribution is 6.48. The van der Waals surface area contributed by atoms with Gasteiger partial charge in [0, 0.05) is 11.5 Å². The first-order valence-corrected chi connectivity index (χ1v) is 4.33. The van der Waals surface area contributed by atoms with Gasteiger partial charge in [0.15, 0.2) is 6.07 Å². The summed E-state index contributed by atoms with van der Waals surface area (Å²) in [4.78, 5) is 0. The Morgan fingerprint density at radius 3 is 2.08 bits per heavy atom. The van der Waals surface area contributed by atoms with Gasteiger partial charge >= 0.3 is 0 Å². The first kappa shape index (κ1) is 10.2. The first-order chi connectivity index (χ1) is 6.15. The largest absolute Gasteiger partial charge is 0.183 e. The summed E-state index contributed by atoms with van der Waals surface area (Å²) in [7, 11) is 0. The van der Waals surface area contributed by atoms with Gasteiger partial charge in [0.25, 0.3) is 0 Å². The Hall–Kier alpha value is -0.860. The summed E-state index contributed by atoms with van der Waals surface area (Å²) in [5.74, 6) is 4.80. The number of benzene rings is 1. The fourth-order valence-electron chi connectivity index (χ4n) is 0.728. The van der Waals surface area contributed by atoms with E-state index in [-0.39, 0.29) is 0 Å². The fraction of sp³-hybridized carbons (Fsp3) is 0. The van der Waals surface area contributed by atoms with Crippen molar-refractivity contribution < 1.29 is 0 Å². The van der Waals surface area contributed by atoms with Crippen LogP contribution in [-0.2, 0) is 0 Å². The van der Waals surface area contributed by atoms with Crippen LogP contribution in [0.25, 0.3) is 0 Å². The lowest BCUT2D eigenvalue weighted by Crippen LogP contribution is -1.77. The van der Waals surface area contributed by atoms with E-state index >= 15 is 0 Å². The van der Waals surface area contributed by atoms with Gasteiger partial charge in [-0.05, 0) is 12.1 Å². The summed E-state index contributed by atoms with van der Waals surface area (Å²) >= 11 is 17.2. The predicted octanol–water partition coefficient (Wildman–Crippen LogP) is 3.52. The molecule has 0 aliphatic carbocycles. The minimum absolute atomic E-state index is 0.297. The topological polar surface area (TPSA) is 23.8 Å². The van der Waals surface area contributed by atoms with E-state index in [1.165, 1.54) is 0 Å². The quantitative estimate of drug-likeness (QED) is 0.494. The van der Waals surface area contributed by atoms with Crippen LogP contribution in [0.3, 0.4) is 0 Å². The molecule has 0 saturated carbocycles. The third-order valence-corrected chi connectivity index (χ3v) is 2.44. The van der Waals surface area contributed by atoms with Crippen molar-refractivity contribution in [1.29, 1.82) is 5.26 Å². The zero-order valence-corrected chi connectivity index (χ0v) is 8.50. The van der Waals surface area contributed by atoms with Gasteiger partial charge in [-0.15, -0.1) is 0 Å². The maximum atomic E-state index is 8.21. The summed E-state index contributed by atoms with van der Waals surface area (Å²) in [6.45, 7) is 0. The Labute approximate surface area is 90.8 Å². The summed E-state index contributed by atoms with van der Waals surface area (Å²) in [6, 6.07) is 4.80. The molecule has 0 heterocycles. The molecule has 0 bridgehead atoms. The molecule has 0 N–H and O–H groups in total. The summed E-state index contributed by atoms with van der Waals surface area (Å²) in [6.07, 6.45) is 0. The molecule has 1 nitrogen and oxygen atoms in total. The zero-order valence-electron chi connectivity index (χ0n) is 6.24. The van der Waals surface area contributed by atoms with Gasteiger partial charge in [-0.25, -0.2) is 0 Å². The van der Waals surface area contributed by atoms with Crippen LogP contribution in [0.5, 0.6) is 0 Å². The van der Waals surface area contributed by atoms with E-state index in [0.29, 0.717) is 20.6 Å². The molecule has 1 aromatic carbocycles. The van der Waals surface area contributed by atoms with Crippen LogP contribution < -0.4 is 0 Å². The van der Waals surface area contributed by atoms with Gasteiger partial charge < -0.3 is 0 Å². The molecule has 1 rings (SSSR count). The van der Waals surface area contributed by atoms with E-state index in [1.807, 2.05) is 0 Å². The molecule has 0 unspecified atom stereocenters. The lowest BCUT2D eigenvalue weighted by atomic mass is 10.2. The Bertz CT molecular complexity index is 411. The average molecular weight is 230 g/mol. The van der Waals surface area contributed by atoms with Crippen LogP contribution in [0.4, 0.5) is 0 Å². The van der Waals surface area contributed by atoms with Crippen molar-refractivity contribution in [3.63, 3.8) is 0 Å². The molecule has 0 atom stereocenters. The monoisotopic (exact) mass is 229 g/mol. The van der Waals surface area contributed by atoms with Gasteiger partial charge in [-0.2, -0.15) is 5.26 Å². The third kappa shape index (κ3) is 2.54. The fourth-order valence-corrected chi connectivity index (χ4v) is 1.32. The van der Waals surface area contributed by atoms with Crippen molar-refractivity contribution in [2.45, 2.75) is 0 Å². The number of hydrogen-bond donors (Lipinski definition) is 0. The van der Waals surface area contributed by atoms with Crippen molar-refractivity contribution >= 4 is 34.8 Å². The second-order valence-electron chi connectivity index (χ2n) is 2.12. The van der Waals surface area contributed by atoms with Crippen LogP contribution >= 0.6 is 34.8 Å². The van der Waals surface area contributed by atoms with E-state index < -0.39 is 0 Å². The summed E-state index contributed by atoms with van der Waals surface area (Å²) in [5, 5.41) is 9.16. The van der Waals surface area contributed by atoms with Crippen molar-refractivity contribution in [2.75, 3.05) is 0 Å². The zero-order chi connectivity index (χ0) is 9.84. The van der Waals surface area contributed by atoms with Gasteiger partial charge in [0.1, 0.15) is 0 Å². The molecule has 13 heavy (non-hydrogen) atoms. The first-order valence-electron chi connectivity index (χ1n) is 3.20. The molecule has 0 radical (unpaired) electrons. The minimum Gasteiger partial charge on any atom is -0.183 e. The Morgan fingerprint density at radius 1 is 1.08 bits per heavy atom. The Morgan fingerprint density at radius 2 is 1.62 bits per heavy atom. The van der Waals surface area contributed by atoms with Crippen LogP contribution in [0, 0.1) is 23.2 Å². The van der Waals surface area contributed by atoms with Gasteiger partial charge in [-0.1, -0.05) is 40.7 Å². The van der Waals surface area contributed by atoms with E-state index in [4.69, 9.17) is 40.1 Å². The second-order valence-corrected chi connectivity index (χ2v) is 3.31. The van der Waals surface area contributed by atoms with Crippen molar-refractivity contribution in [1.82, 2.24) is 0 Å². The van der Waals surface area contributed by atoms with Crippen LogP contribution in [0.15, 0.2) is 12.1 Å². The third-order valence-electron chi connectivity index (χ3n) is 1.25. The minimum atomic E-state index is 0.297. The lowest BCUT2D eigenvalue weighted by Gasteiger charge is -1.98. The maximum absolute atomic E-state index is 8.21. The number of nitriles is 1. The number of rotatable bonds is 0. The summed E-state index contributed by atoms with van der Waals surface area (Å²) in [5.41, 5.74) is 0.570. The molecular formula is C9H2Cl3N. The van der Waals surface area contributed by atoms with Gasteiger partial charge in [-0.3, -0.25) is 0 Å². The smallest absolute Gasteiger partial charge is 0.152 e. The Balaban J connectivity index is 3.23. The molecule has 0 aliphatic rings. The van der Waals surface area contributed by atoms with Crippen LogP contribution in [0.2, 0.25) is 15.1 Å². The molecule has 1 aromatic rings. The Kier molecular flexibility index (Phi) is 3.46. The number of nitrogens with zero attached hydrogens (tertiary/aromatic N) is 1. The molecule has 0 amide bonds. The highest BCUT2D eigenvalue weighted by Crippen LogP contribution is 2.30. The lowest BCUT2D eigenvalue weighted by molar-refractivity contribution is 1.55. The second kappa shape index (κ2) is 4.40. The van der Waals surface area contributed by atoms with Gasteiger partial charge in [0.2, 0.25) is 0 Å². The molecular weight excluding hydrogens is 228 g/mol. The van der Waals surface area contributed by atoms with Gasteiger partial charge in [0.05, 0.1) is 15.1 Å². The molecule has 64 valence electrons. The predicted molar refractivity (Wildman–Crippen MR) is 54.0 cm³/mol. The molecule has 0 fully saturated rings. The van der Waals surface area contributed by atoms with Crippen molar-refractivity contribution in [3.05, 3.63) is 32.8 Å². The molecule has 4 heteroatoms. The number of halogens is 3. The van der Waals surface area contributed by atoms with E-state index in [2.05, 4.69) is 11.8 Å². The van der Waals surface area contributed by atoms with Crippen LogP contribution in [0.1, 0.15) is 5.56 Å². The van der Waals surface area contributed by atoms with Crippen LogP contribution in [-0.4, -0.2) is 0 Å².